The van der Waals surface area contributed by atoms with Crippen LogP contribution in [0.4, 0.5) is 13.2 Å². The van der Waals surface area contributed by atoms with Crippen molar-refractivity contribution >= 4 is 17.5 Å². The van der Waals surface area contributed by atoms with E-state index < -0.39 is 24.4 Å². The lowest BCUT2D eigenvalue weighted by atomic mass is 9.94. The Labute approximate surface area is 107 Å². The van der Waals surface area contributed by atoms with Gasteiger partial charge in [0.25, 0.3) is 5.91 Å². The number of carbonyl (C=O) groups excluding carboxylic acids is 2. The maximum absolute atomic E-state index is 12.3. The van der Waals surface area contributed by atoms with E-state index in [0.717, 1.165) is 0 Å². The molecule has 1 N–H and O–H groups in total. The first-order valence-corrected chi connectivity index (χ1v) is 6.06. The molecule has 0 radical (unpaired) electrons. The lowest BCUT2D eigenvalue weighted by Crippen LogP contribution is -2.44. The summed E-state index contributed by atoms with van der Waals surface area (Å²) >= 11 is 0. The first-order valence-electron chi connectivity index (χ1n) is 6.06. The first-order chi connectivity index (χ1) is 8.85. The zero-order valence-electron chi connectivity index (χ0n) is 10.2. The molecular formula is C11H14F3N3O2. The van der Waals surface area contributed by atoms with Gasteiger partial charge in [-0.25, -0.2) is 5.43 Å². The van der Waals surface area contributed by atoms with Gasteiger partial charge in [0.2, 0.25) is 5.91 Å². The minimum Gasteiger partial charge on any atom is -0.337 e. The van der Waals surface area contributed by atoms with Gasteiger partial charge in [0.1, 0.15) is 5.71 Å². The van der Waals surface area contributed by atoms with Gasteiger partial charge < -0.3 is 4.90 Å². The second kappa shape index (κ2) is 5.18. The average Bonchev–Trinajstić information content (AvgIpc) is 2.73. The molecule has 0 aromatic rings. The van der Waals surface area contributed by atoms with Crippen LogP contribution in [0, 0.1) is 5.92 Å². The maximum Gasteiger partial charge on any atom is 0.389 e. The number of hydrazone groups is 1. The second-order valence-corrected chi connectivity index (χ2v) is 4.85. The van der Waals surface area contributed by atoms with E-state index in [2.05, 4.69) is 10.5 Å². The summed E-state index contributed by atoms with van der Waals surface area (Å²) < 4.78 is 37.0. The summed E-state index contributed by atoms with van der Waals surface area (Å²) in [5, 5.41) is 3.60. The Kier molecular flexibility index (Phi) is 3.77. The quantitative estimate of drug-likeness (QED) is 0.820. The number of hydrogen-bond donors (Lipinski definition) is 1. The molecule has 1 saturated heterocycles. The molecule has 19 heavy (non-hydrogen) atoms. The molecule has 2 heterocycles. The number of halogens is 3. The highest BCUT2D eigenvalue weighted by Gasteiger charge is 2.36. The molecule has 2 amide bonds. The van der Waals surface area contributed by atoms with Crippen molar-refractivity contribution in [2.75, 3.05) is 13.1 Å². The van der Waals surface area contributed by atoms with Crippen molar-refractivity contribution in [1.29, 1.82) is 0 Å². The Morgan fingerprint density at radius 2 is 2.21 bits per heavy atom. The normalized spacial score (nSPS) is 24.2. The molecule has 2 rings (SSSR count). The van der Waals surface area contributed by atoms with Gasteiger partial charge >= 0.3 is 6.18 Å². The molecule has 2 aliphatic rings. The van der Waals surface area contributed by atoms with Crippen LogP contribution in [-0.2, 0) is 9.59 Å². The third-order valence-corrected chi connectivity index (χ3v) is 3.22. The lowest BCUT2D eigenvalue weighted by molar-refractivity contribution is -0.150. The van der Waals surface area contributed by atoms with E-state index in [-0.39, 0.29) is 24.6 Å². The van der Waals surface area contributed by atoms with E-state index >= 15 is 0 Å². The van der Waals surface area contributed by atoms with E-state index in [1.165, 1.54) is 4.90 Å². The highest BCUT2D eigenvalue weighted by atomic mass is 19.4. The summed E-state index contributed by atoms with van der Waals surface area (Å²) in [5.41, 5.74) is 2.24. The highest BCUT2D eigenvalue weighted by molar-refractivity contribution is 6.43. The summed E-state index contributed by atoms with van der Waals surface area (Å²) in [6, 6.07) is 0. The van der Waals surface area contributed by atoms with Gasteiger partial charge in [-0.1, -0.05) is 0 Å². The number of nitrogens with zero attached hydrogens (tertiary/aromatic N) is 2. The summed E-state index contributed by atoms with van der Waals surface area (Å²) in [6.45, 7) is 0.492. The van der Waals surface area contributed by atoms with Crippen LogP contribution in [0.5, 0.6) is 0 Å². The SMILES string of the molecule is O=C1CC(C(=O)N2CCCC(CC(F)(F)F)C2)=NN1. The number of rotatable bonds is 2. The van der Waals surface area contributed by atoms with Crippen LogP contribution in [0.2, 0.25) is 0 Å². The maximum atomic E-state index is 12.3. The number of carbonyl (C=O) groups is 2. The van der Waals surface area contributed by atoms with E-state index in [0.29, 0.717) is 19.4 Å². The van der Waals surface area contributed by atoms with Crippen LogP contribution >= 0.6 is 0 Å². The van der Waals surface area contributed by atoms with Gasteiger partial charge in [-0.15, -0.1) is 0 Å². The Bertz CT molecular complexity index is 420. The van der Waals surface area contributed by atoms with E-state index in [4.69, 9.17) is 0 Å². The number of piperidine rings is 1. The van der Waals surface area contributed by atoms with Crippen LogP contribution in [0.25, 0.3) is 0 Å². The van der Waals surface area contributed by atoms with Crippen molar-refractivity contribution in [3.8, 4) is 0 Å². The molecule has 5 nitrogen and oxygen atoms in total. The largest absolute Gasteiger partial charge is 0.389 e. The van der Waals surface area contributed by atoms with E-state index in [1.807, 2.05) is 0 Å². The van der Waals surface area contributed by atoms with Gasteiger partial charge in [-0.05, 0) is 18.8 Å². The Balaban J connectivity index is 1.94. The molecule has 106 valence electrons. The Morgan fingerprint density at radius 1 is 1.47 bits per heavy atom. The summed E-state index contributed by atoms with van der Waals surface area (Å²) in [5.74, 6) is -1.37. The predicted molar refractivity (Wildman–Crippen MR) is 60.2 cm³/mol. The van der Waals surface area contributed by atoms with Gasteiger partial charge in [-0.3, -0.25) is 9.59 Å². The molecule has 0 bridgehead atoms. The molecule has 0 aromatic heterocycles. The van der Waals surface area contributed by atoms with E-state index in [1.54, 1.807) is 0 Å². The third-order valence-electron chi connectivity index (χ3n) is 3.22. The van der Waals surface area contributed by atoms with Crippen LogP contribution in [0.15, 0.2) is 5.10 Å². The monoisotopic (exact) mass is 277 g/mol. The summed E-state index contributed by atoms with van der Waals surface area (Å²) in [4.78, 5) is 24.3. The fourth-order valence-electron chi connectivity index (χ4n) is 2.41. The zero-order chi connectivity index (χ0) is 14.0. The summed E-state index contributed by atoms with van der Waals surface area (Å²) in [6.07, 6.45) is -4.17. The molecular weight excluding hydrogens is 263 g/mol. The molecule has 8 heteroatoms. The van der Waals surface area contributed by atoms with Crippen molar-refractivity contribution in [2.24, 2.45) is 11.0 Å². The number of hydrogen-bond acceptors (Lipinski definition) is 3. The molecule has 2 aliphatic heterocycles. The third kappa shape index (κ3) is 3.68. The fourth-order valence-corrected chi connectivity index (χ4v) is 2.41. The van der Waals surface area contributed by atoms with Crippen molar-refractivity contribution in [1.82, 2.24) is 10.3 Å². The first kappa shape index (κ1) is 13.8. The number of nitrogens with one attached hydrogen (secondary N) is 1. The molecule has 1 fully saturated rings. The minimum absolute atomic E-state index is 0.0750. The average molecular weight is 277 g/mol. The van der Waals surface area contributed by atoms with Crippen LogP contribution in [-0.4, -0.2) is 41.7 Å². The summed E-state index contributed by atoms with van der Waals surface area (Å²) in [7, 11) is 0. The number of likely N-dealkylation sites (tertiary alicyclic amines) is 1. The Hall–Kier alpha value is -1.60. The smallest absolute Gasteiger partial charge is 0.337 e. The van der Waals surface area contributed by atoms with Crippen LogP contribution < -0.4 is 5.43 Å². The number of alkyl halides is 3. The molecule has 1 atom stereocenters. The second-order valence-electron chi connectivity index (χ2n) is 4.85. The molecule has 0 aliphatic carbocycles. The molecule has 1 unspecified atom stereocenters. The molecule has 0 saturated carbocycles. The number of amides is 2. The zero-order valence-corrected chi connectivity index (χ0v) is 10.2. The fraction of sp³-hybridized carbons (Fsp3) is 0.727. The topological polar surface area (TPSA) is 61.8 Å². The van der Waals surface area contributed by atoms with Gasteiger partial charge in [0.05, 0.1) is 6.42 Å². The minimum atomic E-state index is -4.21. The van der Waals surface area contributed by atoms with Crippen molar-refractivity contribution in [3.05, 3.63) is 0 Å². The standard InChI is InChI=1S/C11H14F3N3O2/c12-11(13,14)5-7-2-1-3-17(6-7)10(19)8-4-9(18)16-15-8/h7H,1-6H2,(H,16,18). The van der Waals surface area contributed by atoms with Gasteiger partial charge in [-0.2, -0.15) is 18.3 Å². The Morgan fingerprint density at radius 3 is 2.79 bits per heavy atom. The van der Waals surface area contributed by atoms with E-state index in [9.17, 15) is 22.8 Å². The highest BCUT2D eigenvalue weighted by Crippen LogP contribution is 2.30. The predicted octanol–water partition coefficient (Wildman–Crippen LogP) is 1.05. The molecule has 0 aromatic carbocycles. The van der Waals surface area contributed by atoms with Gasteiger partial charge in [0.15, 0.2) is 0 Å². The van der Waals surface area contributed by atoms with Crippen LogP contribution in [0.1, 0.15) is 25.7 Å². The van der Waals surface area contributed by atoms with Gasteiger partial charge in [0, 0.05) is 19.5 Å². The van der Waals surface area contributed by atoms with Crippen LogP contribution in [0.3, 0.4) is 0 Å². The molecule has 0 spiro atoms. The van der Waals surface area contributed by atoms with Crippen molar-refractivity contribution in [2.45, 2.75) is 31.9 Å². The van der Waals surface area contributed by atoms with Crippen molar-refractivity contribution < 1.29 is 22.8 Å². The van der Waals surface area contributed by atoms with Crippen molar-refractivity contribution in [3.63, 3.8) is 0 Å². The lowest BCUT2D eigenvalue weighted by Gasteiger charge is -2.33.